The fourth-order valence-electron chi connectivity index (χ4n) is 5.25. The van der Waals surface area contributed by atoms with Gasteiger partial charge in [-0.15, -0.1) is 11.3 Å². The van der Waals surface area contributed by atoms with Gasteiger partial charge in [-0.2, -0.15) is 5.26 Å². The molecule has 11 nitrogen and oxygen atoms in total. The van der Waals surface area contributed by atoms with Gasteiger partial charge in [-0.25, -0.2) is 9.97 Å². The van der Waals surface area contributed by atoms with Crippen molar-refractivity contribution >= 4 is 40.1 Å². The summed E-state index contributed by atoms with van der Waals surface area (Å²) < 4.78 is 7.32. The molecule has 2 atom stereocenters. The Balaban J connectivity index is 1.45. The van der Waals surface area contributed by atoms with Crippen LogP contribution >= 0.6 is 11.3 Å². The van der Waals surface area contributed by atoms with Crippen molar-refractivity contribution < 1.29 is 19.1 Å². The van der Waals surface area contributed by atoms with Gasteiger partial charge in [-0.1, -0.05) is 32.9 Å². The number of likely N-dealkylation sites (tertiary alicyclic amines) is 1. The van der Waals surface area contributed by atoms with E-state index in [1.54, 1.807) is 23.2 Å². The predicted molar refractivity (Wildman–Crippen MR) is 169 cm³/mol. The van der Waals surface area contributed by atoms with Gasteiger partial charge < -0.3 is 24.3 Å². The van der Waals surface area contributed by atoms with Crippen molar-refractivity contribution in [2.75, 3.05) is 18.5 Å². The lowest BCUT2D eigenvalue weighted by atomic mass is 9.93. The summed E-state index contributed by atoms with van der Waals surface area (Å²) in [5, 5.41) is 25.4. The number of oxazole rings is 1. The first-order valence-electron chi connectivity index (χ1n) is 14.6. The van der Waals surface area contributed by atoms with Crippen LogP contribution in [-0.4, -0.2) is 61.6 Å². The molecule has 4 aromatic rings. The number of benzene rings is 1. The third-order valence-electron chi connectivity index (χ3n) is 7.43. The molecule has 2 amide bonds. The number of amides is 2. The zero-order valence-corrected chi connectivity index (χ0v) is 26.1. The van der Waals surface area contributed by atoms with E-state index in [2.05, 4.69) is 21.7 Å². The Morgan fingerprint density at radius 3 is 2.82 bits per heavy atom. The minimum atomic E-state index is -0.315. The highest BCUT2D eigenvalue weighted by Gasteiger charge is 2.32. The maximum absolute atomic E-state index is 13.5. The number of nitrogens with one attached hydrogen (secondary N) is 2. The molecule has 0 saturated carbocycles. The van der Waals surface area contributed by atoms with Crippen LogP contribution in [0.3, 0.4) is 0 Å². The quantitative estimate of drug-likeness (QED) is 0.167. The second-order valence-corrected chi connectivity index (χ2v) is 13.2. The maximum Gasteiger partial charge on any atom is 0.268 e. The number of rotatable bonds is 10. The molecule has 1 unspecified atom stereocenters. The van der Waals surface area contributed by atoms with Gasteiger partial charge in [0, 0.05) is 25.7 Å². The molecule has 1 saturated heterocycles. The van der Waals surface area contributed by atoms with E-state index in [1.165, 1.54) is 17.7 Å². The van der Waals surface area contributed by atoms with Crippen molar-refractivity contribution in [3.05, 3.63) is 65.0 Å². The Bertz CT molecular complexity index is 1710. The van der Waals surface area contributed by atoms with E-state index in [-0.39, 0.29) is 41.5 Å². The fourth-order valence-corrected chi connectivity index (χ4v) is 6.10. The number of allylic oxidation sites excluding steroid dienone is 1. The molecular formula is C32H37N7O4S. The summed E-state index contributed by atoms with van der Waals surface area (Å²) in [4.78, 5) is 38.8. The van der Waals surface area contributed by atoms with Gasteiger partial charge in [0.25, 0.3) is 11.8 Å². The lowest BCUT2D eigenvalue weighted by Gasteiger charge is -2.26. The first-order chi connectivity index (χ1) is 21.1. The minimum Gasteiger partial charge on any atom is -0.443 e. The number of carbonyl (C=O) groups is 2. The van der Waals surface area contributed by atoms with Crippen LogP contribution in [-0.2, 0) is 17.9 Å². The molecule has 4 heterocycles. The van der Waals surface area contributed by atoms with Crippen molar-refractivity contribution in [1.82, 2.24) is 24.8 Å². The molecule has 0 bridgehead atoms. The molecule has 44 heavy (non-hydrogen) atoms. The Hall–Kier alpha value is -4.31. The van der Waals surface area contributed by atoms with Crippen LogP contribution in [0.2, 0.25) is 0 Å². The van der Waals surface area contributed by atoms with Gasteiger partial charge in [-0.05, 0) is 55.0 Å². The summed E-state index contributed by atoms with van der Waals surface area (Å²) in [5.41, 5.74) is 2.33. The van der Waals surface area contributed by atoms with E-state index in [1.807, 2.05) is 56.5 Å². The van der Waals surface area contributed by atoms with Crippen LogP contribution in [0.1, 0.15) is 55.8 Å². The minimum absolute atomic E-state index is 0.0307. The lowest BCUT2D eigenvalue weighted by Crippen LogP contribution is -2.39. The Morgan fingerprint density at radius 1 is 1.30 bits per heavy atom. The third kappa shape index (κ3) is 7.07. The molecule has 1 fully saturated rings. The summed E-state index contributed by atoms with van der Waals surface area (Å²) in [6.07, 6.45) is 6.26. The first-order valence-corrected chi connectivity index (χ1v) is 15.5. The van der Waals surface area contributed by atoms with Gasteiger partial charge in [-0.3, -0.25) is 14.9 Å². The maximum atomic E-state index is 13.5. The summed E-state index contributed by atoms with van der Waals surface area (Å²) in [7, 11) is 0. The van der Waals surface area contributed by atoms with E-state index in [9.17, 15) is 20.0 Å². The molecule has 12 heteroatoms. The smallest absolute Gasteiger partial charge is 0.268 e. The summed E-state index contributed by atoms with van der Waals surface area (Å²) in [6.45, 7) is 9.32. The molecule has 1 aliphatic rings. The predicted octanol–water partition coefficient (Wildman–Crippen LogP) is 4.96. The Labute approximate surface area is 260 Å². The van der Waals surface area contributed by atoms with Crippen LogP contribution in [0.15, 0.2) is 59.0 Å². The Morgan fingerprint density at radius 2 is 2.11 bits per heavy atom. The van der Waals surface area contributed by atoms with Crippen molar-refractivity contribution in [2.24, 2.45) is 5.41 Å². The van der Waals surface area contributed by atoms with Crippen LogP contribution in [0.25, 0.3) is 21.7 Å². The molecule has 3 aromatic heterocycles. The largest absolute Gasteiger partial charge is 0.443 e. The van der Waals surface area contributed by atoms with E-state index >= 15 is 0 Å². The highest BCUT2D eigenvalue weighted by molar-refractivity contribution is 7.17. The fraction of sp³-hybridized carbons (Fsp3) is 0.406. The number of fused-ring (bicyclic) bond motifs is 1. The van der Waals surface area contributed by atoms with Crippen molar-refractivity contribution in [2.45, 2.75) is 65.7 Å². The number of thiophene rings is 1. The number of nitrogens with zero attached hydrogens (tertiary/aromatic N) is 5. The SMILES string of the molecule is CC(CO)NCc1ccc2c(c1)nc(NC(=O)c1ccc(-c3cnco3)s1)n2C[C@H]1CCCN1C(=O)/C(C#N)=C\C(C)(C)C. The van der Waals surface area contributed by atoms with Crippen LogP contribution in [0.5, 0.6) is 0 Å². The summed E-state index contributed by atoms with van der Waals surface area (Å²) in [5.74, 6) is 0.375. The molecule has 0 spiro atoms. The monoisotopic (exact) mass is 615 g/mol. The standard InChI is InChI=1S/C32H37N7O4S/c1-20(18-40)35-15-21-7-8-25-24(12-21)36-31(37-29(41)28-10-9-27(44-28)26-16-34-19-43-26)39(25)17-23-6-5-11-38(23)30(42)22(14-33)13-32(2,3)4/h7-10,12-13,16,19-20,23,35,40H,5-6,11,15,17-18H2,1-4H3,(H,36,37,41)/b22-13-/t20?,23-/m1/s1. The molecule has 5 rings (SSSR count). The molecular weight excluding hydrogens is 578 g/mol. The van der Waals surface area contributed by atoms with Gasteiger partial charge in [0.1, 0.15) is 11.6 Å². The normalized spacial score (nSPS) is 16.3. The number of anilines is 1. The number of aliphatic hydroxyl groups excluding tert-OH is 1. The number of aromatic nitrogens is 3. The number of aliphatic hydroxyl groups is 1. The molecule has 0 radical (unpaired) electrons. The van der Waals surface area contributed by atoms with Crippen molar-refractivity contribution in [3.63, 3.8) is 0 Å². The van der Waals surface area contributed by atoms with Crippen LogP contribution in [0.4, 0.5) is 5.95 Å². The Kier molecular flexibility index (Phi) is 9.29. The van der Waals surface area contributed by atoms with Crippen molar-refractivity contribution in [1.29, 1.82) is 5.26 Å². The topological polar surface area (TPSA) is 149 Å². The average Bonchev–Trinajstić information content (AvgIpc) is 3.81. The van der Waals surface area contributed by atoms with Gasteiger partial charge in [0.2, 0.25) is 5.95 Å². The lowest BCUT2D eigenvalue weighted by molar-refractivity contribution is -0.127. The van der Waals surface area contributed by atoms with Gasteiger partial charge >= 0.3 is 0 Å². The molecule has 230 valence electrons. The second kappa shape index (κ2) is 13.1. The first kappa shape index (κ1) is 31.1. The van der Waals surface area contributed by atoms with Crippen LogP contribution < -0.4 is 10.6 Å². The number of carbonyl (C=O) groups excluding carboxylic acids is 2. The highest BCUT2D eigenvalue weighted by Crippen LogP contribution is 2.30. The van der Waals surface area contributed by atoms with E-state index < -0.39 is 0 Å². The van der Waals surface area contributed by atoms with Gasteiger partial charge in [0.15, 0.2) is 12.2 Å². The molecule has 1 aliphatic heterocycles. The van der Waals surface area contributed by atoms with E-state index in [0.29, 0.717) is 41.7 Å². The van der Waals surface area contributed by atoms with Crippen molar-refractivity contribution in [3.8, 4) is 16.7 Å². The van der Waals surface area contributed by atoms with E-state index in [0.717, 1.165) is 28.8 Å². The number of hydrogen-bond acceptors (Lipinski definition) is 9. The average molecular weight is 616 g/mol. The highest BCUT2D eigenvalue weighted by atomic mass is 32.1. The summed E-state index contributed by atoms with van der Waals surface area (Å²) >= 11 is 1.29. The molecule has 3 N–H and O–H groups in total. The zero-order valence-electron chi connectivity index (χ0n) is 25.3. The molecule has 1 aromatic carbocycles. The molecule has 0 aliphatic carbocycles. The zero-order chi connectivity index (χ0) is 31.4. The number of nitriles is 1. The summed E-state index contributed by atoms with van der Waals surface area (Å²) in [6, 6.07) is 11.3. The second-order valence-electron chi connectivity index (χ2n) is 12.1. The van der Waals surface area contributed by atoms with E-state index in [4.69, 9.17) is 9.40 Å². The van der Waals surface area contributed by atoms with Crippen LogP contribution in [0, 0.1) is 16.7 Å². The van der Waals surface area contributed by atoms with Gasteiger partial charge in [0.05, 0.1) is 39.6 Å². The number of hydrogen-bond donors (Lipinski definition) is 3. The number of imidazole rings is 1. The third-order valence-corrected chi connectivity index (χ3v) is 8.53.